The summed E-state index contributed by atoms with van der Waals surface area (Å²) >= 11 is 0. The molecule has 3 atom stereocenters. The van der Waals surface area contributed by atoms with Crippen molar-refractivity contribution < 1.29 is 19.5 Å². The predicted octanol–water partition coefficient (Wildman–Crippen LogP) is 1.66. The summed E-state index contributed by atoms with van der Waals surface area (Å²) in [4.78, 5) is 36.1. The number of amides is 2. The number of imide groups is 1. The van der Waals surface area contributed by atoms with Gasteiger partial charge < -0.3 is 5.11 Å². The van der Waals surface area contributed by atoms with Crippen molar-refractivity contribution in [3.63, 3.8) is 0 Å². The topological polar surface area (TPSA) is 74.7 Å². The van der Waals surface area contributed by atoms with Crippen molar-refractivity contribution in [3.8, 4) is 0 Å². The molecule has 1 heterocycles. The molecule has 2 rings (SSSR count). The number of nitrogens with zero attached hydrogens (tertiary/aromatic N) is 1. The summed E-state index contributed by atoms with van der Waals surface area (Å²) in [6.07, 6.45) is 3.88. The number of carbonyl (C=O) groups excluding carboxylic acids is 2. The van der Waals surface area contributed by atoms with Crippen molar-refractivity contribution in [1.29, 1.82) is 0 Å². The molecular formula is C14H21NO4. The molecule has 5 nitrogen and oxygen atoms in total. The Bertz CT molecular complexity index is 371. The van der Waals surface area contributed by atoms with Crippen LogP contribution in [-0.2, 0) is 14.4 Å². The number of hydrogen-bond donors (Lipinski definition) is 1. The van der Waals surface area contributed by atoms with Gasteiger partial charge in [-0.2, -0.15) is 0 Å². The maximum absolute atomic E-state index is 12.1. The van der Waals surface area contributed by atoms with Crippen LogP contribution in [0, 0.1) is 17.8 Å². The van der Waals surface area contributed by atoms with E-state index in [1.165, 1.54) is 4.90 Å². The summed E-state index contributed by atoms with van der Waals surface area (Å²) in [5, 5.41) is 8.62. The zero-order valence-corrected chi connectivity index (χ0v) is 11.3. The van der Waals surface area contributed by atoms with Gasteiger partial charge in [0, 0.05) is 24.8 Å². The van der Waals surface area contributed by atoms with Crippen molar-refractivity contribution in [2.45, 2.75) is 45.4 Å². The van der Waals surface area contributed by atoms with Gasteiger partial charge >= 0.3 is 5.97 Å². The van der Waals surface area contributed by atoms with Gasteiger partial charge in [0.25, 0.3) is 0 Å². The van der Waals surface area contributed by atoms with E-state index in [4.69, 9.17) is 5.11 Å². The molecule has 0 aromatic carbocycles. The molecule has 1 aliphatic heterocycles. The molecule has 0 radical (unpaired) electrons. The highest BCUT2D eigenvalue weighted by Crippen LogP contribution is 2.38. The third-order valence-corrected chi connectivity index (χ3v) is 4.36. The fraction of sp³-hybridized carbons (Fsp3) is 0.786. The molecule has 5 heteroatoms. The Hall–Kier alpha value is -1.39. The van der Waals surface area contributed by atoms with Gasteiger partial charge in [-0.25, -0.2) is 0 Å². The van der Waals surface area contributed by atoms with Crippen LogP contribution in [0.25, 0.3) is 0 Å². The number of carboxylic acid groups (broad SMARTS) is 1. The highest BCUT2D eigenvalue weighted by atomic mass is 16.4. The summed E-state index contributed by atoms with van der Waals surface area (Å²) in [6, 6.07) is 0. The van der Waals surface area contributed by atoms with Gasteiger partial charge in [-0.15, -0.1) is 0 Å². The van der Waals surface area contributed by atoms with Gasteiger partial charge in [0.05, 0.1) is 0 Å². The van der Waals surface area contributed by atoms with Crippen molar-refractivity contribution in [3.05, 3.63) is 0 Å². The zero-order chi connectivity index (χ0) is 14.0. The molecule has 1 aliphatic carbocycles. The normalized spacial score (nSPS) is 27.7. The van der Waals surface area contributed by atoms with E-state index in [-0.39, 0.29) is 36.0 Å². The highest BCUT2D eigenvalue weighted by molar-refractivity contribution is 6.00. The first kappa shape index (κ1) is 14.0. The third-order valence-electron chi connectivity index (χ3n) is 4.36. The lowest BCUT2D eigenvalue weighted by Crippen LogP contribution is -2.46. The molecule has 19 heavy (non-hydrogen) atoms. The first-order valence-corrected chi connectivity index (χ1v) is 7.06. The number of piperidine rings is 1. The van der Waals surface area contributed by atoms with Gasteiger partial charge in [0.1, 0.15) is 0 Å². The molecule has 106 valence electrons. The van der Waals surface area contributed by atoms with Crippen LogP contribution in [0.4, 0.5) is 0 Å². The number of rotatable bonds is 6. The van der Waals surface area contributed by atoms with Crippen LogP contribution in [0.3, 0.4) is 0 Å². The maximum atomic E-state index is 12.1. The fourth-order valence-corrected chi connectivity index (χ4v) is 3.06. The second kappa shape index (κ2) is 5.72. The molecule has 2 fully saturated rings. The Morgan fingerprint density at radius 2 is 1.84 bits per heavy atom. The van der Waals surface area contributed by atoms with Crippen LogP contribution >= 0.6 is 0 Å². The van der Waals surface area contributed by atoms with E-state index in [1.807, 2.05) is 6.92 Å². The molecular weight excluding hydrogens is 246 g/mol. The molecule has 1 N–H and O–H groups in total. The fourth-order valence-electron chi connectivity index (χ4n) is 3.06. The van der Waals surface area contributed by atoms with E-state index in [2.05, 4.69) is 0 Å². The van der Waals surface area contributed by atoms with Crippen LogP contribution in [0.2, 0.25) is 0 Å². The summed E-state index contributed by atoms with van der Waals surface area (Å²) < 4.78 is 0. The summed E-state index contributed by atoms with van der Waals surface area (Å²) in [6.45, 7) is 2.42. The smallest absolute Gasteiger partial charge is 0.303 e. The van der Waals surface area contributed by atoms with Gasteiger partial charge in [0.2, 0.25) is 11.8 Å². The summed E-state index contributed by atoms with van der Waals surface area (Å²) in [5.74, 6) is -0.492. The minimum atomic E-state index is -0.796. The number of hydrogen-bond acceptors (Lipinski definition) is 3. The number of fused-ring (bicyclic) bond motifs is 2. The SMILES string of the molecule is CC(CCC(=O)O)CCN1C(=O)C2CCC(C2)C1=O. The average molecular weight is 267 g/mol. The number of carbonyl (C=O) groups is 3. The second-order valence-electron chi connectivity index (χ2n) is 5.86. The van der Waals surface area contributed by atoms with E-state index in [1.54, 1.807) is 0 Å². The van der Waals surface area contributed by atoms with Crippen LogP contribution in [0.1, 0.15) is 45.4 Å². The van der Waals surface area contributed by atoms with E-state index in [0.29, 0.717) is 19.4 Å². The molecule has 2 amide bonds. The Morgan fingerprint density at radius 3 is 2.37 bits per heavy atom. The molecule has 0 spiro atoms. The molecule has 1 saturated carbocycles. The average Bonchev–Trinajstić information content (AvgIpc) is 2.81. The van der Waals surface area contributed by atoms with E-state index in [9.17, 15) is 14.4 Å². The number of likely N-dealkylation sites (tertiary alicyclic amines) is 1. The van der Waals surface area contributed by atoms with Gasteiger partial charge in [-0.05, 0) is 38.0 Å². The van der Waals surface area contributed by atoms with E-state index in [0.717, 1.165) is 19.3 Å². The van der Waals surface area contributed by atoms with Gasteiger partial charge in [-0.1, -0.05) is 6.92 Å². The molecule has 0 aromatic heterocycles. The number of carboxylic acids is 1. The van der Waals surface area contributed by atoms with Crippen molar-refractivity contribution in [1.82, 2.24) is 4.90 Å². The molecule has 2 bridgehead atoms. The van der Waals surface area contributed by atoms with Gasteiger partial charge in [0.15, 0.2) is 0 Å². The van der Waals surface area contributed by atoms with Crippen LogP contribution < -0.4 is 0 Å². The van der Waals surface area contributed by atoms with Gasteiger partial charge in [-0.3, -0.25) is 19.3 Å². The third kappa shape index (κ3) is 3.14. The lowest BCUT2D eigenvalue weighted by Gasteiger charge is -2.30. The highest BCUT2D eigenvalue weighted by Gasteiger charge is 2.44. The standard InChI is InChI=1S/C14H21NO4/c1-9(2-5-12(16)17)6-7-15-13(18)10-3-4-11(8-10)14(15)19/h9-11H,2-8H2,1H3,(H,16,17). The lowest BCUT2D eigenvalue weighted by molar-refractivity contribution is -0.153. The predicted molar refractivity (Wildman–Crippen MR) is 68.2 cm³/mol. The molecule has 1 saturated heterocycles. The van der Waals surface area contributed by atoms with Crippen molar-refractivity contribution in [2.75, 3.05) is 6.54 Å². The summed E-state index contributed by atoms with van der Waals surface area (Å²) in [5.41, 5.74) is 0. The maximum Gasteiger partial charge on any atom is 0.303 e. The number of aliphatic carboxylic acids is 1. The molecule has 0 aromatic rings. The Morgan fingerprint density at radius 1 is 1.26 bits per heavy atom. The Kier molecular flexibility index (Phi) is 4.22. The lowest BCUT2D eigenvalue weighted by atomic mass is 9.95. The minimum Gasteiger partial charge on any atom is -0.481 e. The monoisotopic (exact) mass is 267 g/mol. The minimum absolute atomic E-state index is 0.0100. The Labute approximate surface area is 113 Å². The quantitative estimate of drug-likeness (QED) is 0.743. The van der Waals surface area contributed by atoms with Crippen molar-refractivity contribution >= 4 is 17.8 Å². The van der Waals surface area contributed by atoms with Crippen molar-refractivity contribution in [2.24, 2.45) is 17.8 Å². The first-order valence-electron chi connectivity index (χ1n) is 7.06. The molecule has 2 aliphatic rings. The van der Waals surface area contributed by atoms with Crippen LogP contribution in [-0.4, -0.2) is 34.3 Å². The summed E-state index contributed by atoms with van der Waals surface area (Å²) in [7, 11) is 0. The van der Waals surface area contributed by atoms with Crippen LogP contribution in [0.5, 0.6) is 0 Å². The zero-order valence-electron chi connectivity index (χ0n) is 11.3. The van der Waals surface area contributed by atoms with E-state index >= 15 is 0 Å². The van der Waals surface area contributed by atoms with Crippen LogP contribution in [0.15, 0.2) is 0 Å². The second-order valence-corrected chi connectivity index (χ2v) is 5.86. The van der Waals surface area contributed by atoms with E-state index < -0.39 is 5.97 Å². The first-order chi connectivity index (χ1) is 8.99. The molecule has 3 unspecified atom stereocenters. The largest absolute Gasteiger partial charge is 0.481 e. The Balaban J connectivity index is 1.83.